The summed E-state index contributed by atoms with van der Waals surface area (Å²) >= 11 is 6.57. The van der Waals surface area contributed by atoms with Gasteiger partial charge in [0.1, 0.15) is 5.75 Å². The monoisotopic (exact) mass is 265 g/mol. The van der Waals surface area contributed by atoms with Crippen LogP contribution >= 0.6 is 11.6 Å². The second-order valence-corrected chi connectivity index (χ2v) is 5.73. The molecule has 98 valence electrons. The number of aryl methyl sites for hydroxylation is 1. The van der Waals surface area contributed by atoms with E-state index in [9.17, 15) is 0 Å². The molecule has 0 bridgehead atoms. The Morgan fingerprint density at radius 2 is 2.17 bits per heavy atom. The molecule has 1 atom stereocenters. The molecule has 1 heterocycles. The number of ether oxygens (including phenoxy) is 1. The summed E-state index contributed by atoms with van der Waals surface area (Å²) in [7, 11) is 1.74. The van der Waals surface area contributed by atoms with E-state index >= 15 is 0 Å². The normalized spacial score (nSPS) is 22.9. The van der Waals surface area contributed by atoms with Gasteiger partial charge in [0.15, 0.2) is 0 Å². The van der Waals surface area contributed by atoms with Crippen molar-refractivity contribution in [2.45, 2.75) is 38.0 Å². The maximum absolute atomic E-state index is 6.57. The van der Waals surface area contributed by atoms with Gasteiger partial charge in [-0.05, 0) is 49.8 Å². The average molecular weight is 266 g/mol. The van der Waals surface area contributed by atoms with Crippen LogP contribution in [-0.4, -0.2) is 20.2 Å². The summed E-state index contributed by atoms with van der Waals surface area (Å²) in [5.41, 5.74) is 4.09. The fourth-order valence-electron chi connectivity index (χ4n) is 3.29. The van der Waals surface area contributed by atoms with Crippen LogP contribution in [0.3, 0.4) is 0 Å². The van der Waals surface area contributed by atoms with Gasteiger partial charge in [0, 0.05) is 18.0 Å². The molecule has 3 rings (SSSR count). The number of methoxy groups -OCH3 is 1. The maximum Gasteiger partial charge on any atom is 0.141 e. The second-order valence-electron chi connectivity index (χ2n) is 5.35. The molecule has 0 radical (unpaired) electrons. The SMILES string of the molecule is COc1c(C2CCNC2)cc2c(c1Cl)CCCC2. The summed E-state index contributed by atoms with van der Waals surface area (Å²) in [6, 6.07) is 2.36. The molecular weight excluding hydrogens is 246 g/mol. The third kappa shape index (κ3) is 2.02. The third-order valence-corrected chi connectivity index (χ3v) is 4.67. The van der Waals surface area contributed by atoms with Crippen molar-refractivity contribution in [3.05, 3.63) is 27.8 Å². The van der Waals surface area contributed by atoms with E-state index in [1.165, 1.54) is 42.4 Å². The summed E-state index contributed by atoms with van der Waals surface area (Å²) in [4.78, 5) is 0. The number of rotatable bonds is 2. The van der Waals surface area contributed by atoms with Crippen molar-refractivity contribution in [2.24, 2.45) is 0 Å². The van der Waals surface area contributed by atoms with Gasteiger partial charge in [-0.3, -0.25) is 0 Å². The van der Waals surface area contributed by atoms with Crippen molar-refractivity contribution in [3.8, 4) is 5.75 Å². The molecule has 0 saturated carbocycles. The van der Waals surface area contributed by atoms with Gasteiger partial charge in [-0.2, -0.15) is 0 Å². The van der Waals surface area contributed by atoms with Crippen molar-refractivity contribution in [2.75, 3.05) is 20.2 Å². The lowest BCUT2D eigenvalue weighted by atomic mass is 9.86. The average Bonchev–Trinajstić information content (AvgIpc) is 2.92. The largest absolute Gasteiger partial charge is 0.495 e. The summed E-state index contributed by atoms with van der Waals surface area (Å²) in [5, 5.41) is 4.29. The van der Waals surface area contributed by atoms with Crippen LogP contribution in [0, 0.1) is 0 Å². The predicted octanol–water partition coefficient (Wildman–Crippen LogP) is 3.30. The van der Waals surface area contributed by atoms with Crippen LogP contribution in [0.15, 0.2) is 6.07 Å². The summed E-state index contributed by atoms with van der Waals surface area (Å²) in [6.07, 6.45) is 6.00. The van der Waals surface area contributed by atoms with E-state index in [1.807, 2.05) is 0 Å². The highest BCUT2D eigenvalue weighted by Crippen LogP contribution is 2.42. The number of hydrogen-bond donors (Lipinski definition) is 1. The number of hydrogen-bond acceptors (Lipinski definition) is 2. The first-order valence-electron chi connectivity index (χ1n) is 6.90. The van der Waals surface area contributed by atoms with E-state index in [2.05, 4.69) is 11.4 Å². The van der Waals surface area contributed by atoms with Crippen LogP contribution in [0.2, 0.25) is 5.02 Å². The first kappa shape index (κ1) is 12.3. The van der Waals surface area contributed by atoms with Crippen molar-refractivity contribution in [1.29, 1.82) is 0 Å². The Hall–Kier alpha value is -0.730. The molecule has 1 aromatic carbocycles. The second kappa shape index (κ2) is 5.10. The van der Waals surface area contributed by atoms with E-state index in [0.717, 1.165) is 30.3 Å². The summed E-state index contributed by atoms with van der Waals surface area (Å²) in [6.45, 7) is 2.15. The molecule has 0 spiro atoms. The van der Waals surface area contributed by atoms with Crippen molar-refractivity contribution < 1.29 is 4.74 Å². The minimum atomic E-state index is 0.560. The lowest BCUT2D eigenvalue weighted by Crippen LogP contribution is -2.11. The highest BCUT2D eigenvalue weighted by molar-refractivity contribution is 6.33. The smallest absolute Gasteiger partial charge is 0.141 e. The van der Waals surface area contributed by atoms with Crippen LogP contribution in [0.5, 0.6) is 5.75 Å². The zero-order chi connectivity index (χ0) is 12.5. The molecule has 1 aliphatic heterocycles. The van der Waals surface area contributed by atoms with E-state index in [1.54, 1.807) is 7.11 Å². The van der Waals surface area contributed by atoms with Crippen LogP contribution in [0.25, 0.3) is 0 Å². The minimum absolute atomic E-state index is 0.560. The highest BCUT2D eigenvalue weighted by atomic mass is 35.5. The molecule has 1 unspecified atom stereocenters. The lowest BCUT2D eigenvalue weighted by molar-refractivity contribution is 0.405. The Kier molecular flexibility index (Phi) is 3.49. The van der Waals surface area contributed by atoms with Gasteiger partial charge in [0.2, 0.25) is 0 Å². The van der Waals surface area contributed by atoms with Gasteiger partial charge in [-0.15, -0.1) is 0 Å². The topological polar surface area (TPSA) is 21.3 Å². The molecule has 1 N–H and O–H groups in total. The van der Waals surface area contributed by atoms with Crippen molar-refractivity contribution in [1.82, 2.24) is 5.32 Å². The quantitative estimate of drug-likeness (QED) is 0.886. The molecule has 2 nitrogen and oxygen atoms in total. The molecule has 2 aliphatic rings. The molecule has 3 heteroatoms. The first-order valence-corrected chi connectivity index (χ1v) is 7.28. The molecule has 1 aromatic rings. The Morgan fingerprint density at radius 3 is 2.89 bits per heavy atom. The molecule has 0 amide bonds. The van der Waals surface area contributed by atoms with Crippen LogP contribution in [0.1, 0.15) is 41.9 Å². The highest BCUT2D eigenvalue weighted by Gasteiger charge is 2.26. The predicted molar refractivity (Wildman–Crippen MR) is 74.9 cm³/mol. The number of benzene rings is 1. The number of fused-ring (bicyclic) bond motifs is 1. The molecular formula is C15H20ClNO. The summed E-state index contributed by atoms with van der Waals surface area (Å²) in [5.74, 6) is 1.48. The van der Waals surface area contributed by atoms with Gasteiger partial charge in [0.25, 0.3) is 0 Å². The molecule has 1 saturated heterocycles. The minimum Gasteiger partial charge on any atom is -0.495 e. The third-order valence-electron chi connectivity index (χ3n) is 4.27. The maximum atomic E-state index is 6.57. The Bertz CT molecular complexity index is 452. The zero-order valence-electron chi connectivity index (χ0n) is 10.9. The van der Waals surface area contributed by atoms with Crippen LogP contribution < -0.4 is 10.1 Å². The summed E-state index contributed by atoms with van der Waals surface area (Å²) < 4.78 is 5.59. The fraction of sp³-hybridized carbons (Fsp3) is 0.600. The zero-order valence-corrected chi connectivity index (χ0v) is 11.6. The Morgan fingerprint density at radius 1 is 1.33 bits per heavy atom. The standard InChI is InChI=1S/C15H20ClNO/c1-18-15-13(11-6-7-17-9-11)8-10-4-2-3-5-12(10)14(15)16/h8,11,17H,2-7,9H2,1H3. The number of nitrogens with one attached hydrogen (secondary N) is 1. The molecule has 0 aromatic heterocycles. The van der Waals surface area contributed by atoms with Crippen LogP contribution in [0.4, 0.5) is 0 Å². The molecule has 1 fully saturated rings. The number of halogens is 1. The Balaban J connectivity index is 2.09. The van der Waals surface area contributed by atoms with E-state index < -0.39 is 0 Å². The fourth-order valence-corrected chi connectivity index (χ4v) is 3.69. The van der Waals surface area contributed by atoms with E-state index in [-0.39, 0.29) is 0 Å². The molecule has 18 heavy (non-hydrogen) atoms. The van der Waals surface area contributed by atoms with Gasteiger partial charge < -0.3 is 10.1 Å². The van der Waals surface area contributed by atoms with E-state index in [0.29, 0.717) is 5.92 Å². The Labute approximate surface area is 114 Å². The van der Waals surface area contributed by atoms with Crippen molar-refractivity contribution >= 4 is 11.6 Å². The van der Waals surface area contributed by atoms with Gasteiger partial charge in [-0.1, -0.05) is 17.7 Å². The first-order chi connectivity index (χ1) is 8.81. The van der Waals surface area contributed by atoms with Crippen molar-refractivity contribution in [3.63, 3.8) is 0 Å². The van der Waals surface area contributed by atoms with Gasteiger partial charge in [0.05, 0.1) is 12.1 Å². The van der Waals surface area contributed by atoms with Crippen LogP contribution in [-0.2, 0) is 12.8 Å². The van der Waals surface area contributed by atoms with E-state index in [4.69, 9.17) is 16.3 Å². The lowest BCUT2D eigenvalue weighted by Gasteiger charge is -2.23. The van der Waals surface area contributed by atoms with Gasteiger partial charge >= 0.3 is 0 Å². The molecule has 1 aliphatic carbocycles. The van der Waals surface area contributed by atoms with Gasteiger partial charge in [-0.25, -0.2) is 0 Å².